The molecule has 0 spiro atoms. The Hall–Kier alpha value is -1.10. The number of hydrogen-bond donors (Lipinski definition) is 1. The summed E-state index contributed by atoms with van der Waals surface area (Å²) in [5.41, 5.74) is 8.12. The molecule has 2 atom stereocenters. The number of aryl methyl sites for hydroxylation is 1. The Labute approximate surface area is 111 Å². The van der Waals surface area contributed by atoms with Gasteiger partial charge < -0.3 is 15.0 Å². The molecule has 2 heterocycles. The van der Waals surface area contributed by atoms with Gasteiger partial charge in [0, 0.05) is 17.6 Å². The summed E-state index contributed by atoms with van der Waals surface area (Å²) < 4.78 is 7.62. The molecule has 0 saturated carbocycles. The Kier molecular flexibility index (Phi) is 3.01. The Morgan fingerprint density at radius 3 is 3.00 bits per heavy atom. The monoisotopic (exact) mass is 265 g/mol. The van der Waals surface area contributed by atoms with Crippen LogP contribution in [0.1, 0.15) is 18.7 Å². The number of halogens is 1. The van der Waals surface area contributed by atoms with Crippen LogP contribution in [0.4, 0.5) is 0 Å². The highest BCUT2D eigenvalue weighted by molar-refractivity contribution is 6.31. The summed E-state index contributed by atoms with van der Waals surface area (Å²) in [4.78, 5) is 4.70. The Balaban J connectivity index is 2.16. The first kappa shape index (κ1) is 12.0. The molecule has 1 aliphatic rings. The highest BCUT2D eigenvalue weighted by atomic mass is 35.5. The minimum atomic E-state index is 0.0302. The number of aromatic nitrogens is 2. The summed E-state index contributed by atoms with van der Waals surface area (Å²) in [5, 5.41) is 0.732. The predicted octanol–water partition coefficient (Wildman–Crippen LogP) is 2.15. The molecule has 1 saturated heterocycles. The molecule has 2 aromatic rings. The third-order valence-corrected chi connectivity index (χ3v) is 3.75. The van der Waals surface area contributed by atoms with E-state index in [4.69, 9.17) is 27.1 Å². The average molecular weight is 266 g/mol. The minimum Gasteiger partial charge on any atom is -0.379 e. The zero-order valence-electron chi connectivity index (χ0n) is 10.3. The molecule has 0 aliphatic carbocycles. The van der Waals surface area contributed by atoms with Gasteiger partial charge in [0.15, 0.2) is 0 Å². The molecule has 0 bridgehead atoms. The summed E-state index contributed by atoms with van der Waals surface area (Å²) in [5.74, 6) is 1.19. The van der Waals surface area contributed by atoms with Crippen LogP contribution < -0.4 is 5.73 Å². The van der Waals surface area contributed by atoms with E-state index in [1.807, 2.05) is 18.2 Å². The van der Waals surface area contributed by atoms with Gasteiger partial charge in [0.05, 0.1) is 30.2 Å². The van der Waals surface area contributed by atoms with Crippen LogP contribution in [0.25, 0.3) is 11.0 Å². The van der Waals surface area contributed by atoms with Crippen LogP contribution in [-0.2, 0) is 11.3 Å². The third kappa shape index (κ3) is 1.81. The molecular weight excluding hydrogens is 250 g/mol. The lowest BCUT2D eigenvalue weighted by Crippen LogP contribution is -2.28. The molecule has 5 heteroatoms. The van der Waals surface area contributed by atoms with Gasteiger partial charge in [0.2, 0.25) is 0 Å². The zero-order chi connectivity index (χ0) is 12.7. The standard InChI is InChI=1S/C13H16ClN3O/c1-2-17-12-5-8(14)3-4-11(12)16-13(17)9-6-18-7-10(9)15/h3-5,9-10H,2,6-7,15H2,1H3. The van der Waals surface area contributed by atoms with Crippen molar-refractivity contribution in [3.05, 3.63) is 29.0 Å². The number of benzene rings is 1. The van der Waals surface area contributed by atoms with Crippen LogP contribution in [0.2, 0.25) is 5.02 Å². The lowest BCUT2D eigenvalue weighted by molar-refractivity contribution is 0.190. The molecule has 0 radical (unpaired) electrons. The van der Waals surface area contributed by atoms with Gasteiger partial charge in [-0.25, -0.2) is 4.98 Å². The highest BCUT2D eigenvalue weighted by Gasteiger charge is 2.30. The maximum Gasteiger partial charge on any atom is 0.116 e. The van der Waals surface area contributed by atoms with E-state index < -0.39 is 0 Å². The molecule has 1 aromatic heterocycles. The molecule has 2 unspecified atom stereocenters. The first-order chi connectivity index (χ1) is 8.70. The number of fused-ring (bicyclic) bond motifs is 1. The zero-order valence-corrected chi connectivity index (χ0v) is 11.0. The first-order valence-corrected chi connectivity index (χ1v) is 6.57. The van der Waals surface area contributed by atoms with Gasteiger partial charge in [-0.05, 0) is 25.1 Å². The Morgan fingerprint density at radius 1 is 1.50 bits per heavy atom. The molecule has 0 amide bonds. The number of hydrogen-bond acceptors (Lipinski definition) is 3. The van der Waals surface area contributed by atoms with Crippen LogP contribution >= 0.6 is 11.6 Å². The molecule has 1 aliphatic heterocycles. The van der Waals surface area contributed by atoms with Crippen LogP contribution in [-0.4, -0.2) is 28.8 Å². The molecule has 1 aromatic carbocycles. The summed E-state index contributed by atoms with van der Waals surface area (Å²) in [6.07, 6.45) is 0. The number of rotatable bonds is 2. The smallest absolute Gasteiger partial charge is 0.116 e. The van der Waals surface area contributed by atoms with E-state index in [9.17, 15) is 0 Å². The SMILES string of the molecule is CCn1c(C2COCC2N)nc2ccc(Cl)cc21. The quantitative estimate of drug-likeness (QED) is 0.905. The van der Waals surface area contributed by atoms with Crippen molar-refractivity contribution in [1.82, 2.24) is 9.55 Å². The lowest BCUT2D eigenvalue weighted by Gasteiger charge is -2.14. The highest BCUT2D eigenvalue weighted by Crippen LogP contribution is 2.28. The van der Waals surface area contributed by atoms with Gasteiger partial charge in [0.1, 0.15) is 5.82 Å². The van der Waals surface area contributed by atoms with E-state index in [1.165, 1.54) is 0 Å². The maximum absolute atomic E-state index is 6.08. The van der Waals surface area contributed by atoms with Crippen LogP contribution in [0, 0.1) is 0 Å². The van der Waals surface area contributed by atoms with Crippen molar-refractivity contribution in [3.63, 3.8) is 0 Å². The van der Waals surface area contributed by atoms with Crippen molar-refractivity contribution in [3.8, 4) is 0 Å². The largest absolute Gasteiger partial charge is 0.379 e. The Bertz CT molecular complexity index is 581. The fourth-order valence-electron chi connectivity index (χ4n) is 2.57. The molecule has 18 heavy (non-hydrogen) atoms. The second-order valence-corrected chi connectivity index (χ2v) is 5.09. The van der Waals surface area contributed by atoms with Crippen molar-refractivity contribution in [1.29, 1.82) is 0 Å². The normalized spacial score (nSPS) is 23.9. The van der Waals surface area contributed by atoms with E-state index in [1.54, 1.807) is 0 Å². The fourth-order valence-corrected chi connectivity index (χ4v) is 2.73. The summed E-state index contributed by atoms with van der Waals surface area (Å²) in [7, 11) is 0. The molecular formula is C13H16ClN3O. The van der Waals surface area contributed by atoms with Gasteiger partial charge in [-0.3, -0.25) is 0 Å². The minimum absolute atomic E-state index is 0.0302. The van der Waals surface area contributed by atoms with Crippen molar-refractivity contribution >= 4 is 22.6 Å². The summed E-state index contributed by atoms with van der Waals surface area (Å²) >= 11 is 6.05. The second-order valence-electron chi connectivity index (χ2n) is 4.66. The molecule has 2 N–H and O–H groups in total. The van der Waals surface area contributed by atoms with Gasteiger partial charge in [-0.2, -0.15) is 0 Å². The lowest BCUT2D eigenvalue weighted by atomic mass is 10.0. The summed E-state index contributed by atoms with van der Waals surface area (Å²) in [6.45, 7) is 4.22. The first-order valence-electron chi connectivity index (χ1n) is 6.19. The number of nitrogens with zero attached hydrogens (tertiary/aromatic N) is 2. The molecule has 1 fully saturated rings. The van der Waals surface area contributed by atoms with Gasteiger partial charge in [-0.15, -0.1) is 0 Å². The molecule has 3 rings (SSSR count). The van der Waals surface area contributed by atoms with Crippen molar-refractivity contribution < 1.29 is 4.74 Å². The van der Waals surface area contributed by atoms with E-state index in [0.717, 1.165) is 28.4 Å². The Morgan fingerprint density at radius 2 is 2.33 bits per heavy atom. The predicted molar refractivity (Wildman–Crippen MR) is 72.0 cm³/mol. The van der Waals surface area contributed by atoms with Crippen LogP contribution in [0.15, 0.2) is 18.2 Å². The van der Waals surface area contributed by atoms with Crippen molar-refractivity contribution in [2.75, 3.05) is 13.2 Å². The fraction of sp³-hybridized carbons (Fsp3) is 0.462. The van der Waals surface area contributed by atoms with Gasteiger partial charge in [0.25, 0.3) is 0 Å². The van der Waals surface area contributed by atoms with Crippen molar-refractivity contribution in [2.24, 2.45) is 5.73 Å². The van der Waals surface area contributed by atoms with Crippen molar-refractivity contribution in [2.45, 2.75) is 25.4 Å². The third-order valence-electron chi connectivity index (χ3n) is 3.51. The maximum atomic E-state index is 6.08. The van der Waals surface area contributed by atoms with Gasteiger partial charge >= 0.3 is 0 Å². The number of nitrogens with two attached hydrogens (primary N) is 1. The number of imidazole rings is 1. The van der Waals surface area contributed by atoms with E-state index in [2.05, 4.69) is 11.5 Å². The summed E-state index contributed by atoms with van der Waals surface area (Å²) in [6, 6.07) is 5.81. The number of ether oxygens (including phenoxy) is 1. The van der Waals surface area contributed by atoms with Crippen LogP contribution in [0.3, 0.4) is 0 Å². The topological polar surface area (TPSA) is 53.1 Å². The average Bonchev–Trinajstić information content (AvgIpc) is 2.91. The molecule has 96 valence electrons. The van der Waals surface area contributed by atoms with Crippen LogP contribution in [0.5, 0.6) is 0 Å². The van der Waals surface area contributed by atoms with E-state index in [-0.39, 0.29) is 12.0 Å². The molecule has 4 nitrogen and oxygen atoms in total. The van der Waals surface area contributed by atoms with Gasteiger partial charge in [-0.1, -0.05) is 11.6 Å². The second kappa shape index (κ2) is 4.53. The van der Waals surface area contributed by atoms with E-state index in [0.29, 0.717) is 13.2 Å². The van der Waals surface area contributed by atoms with E-state index >= 15 is 0 Å².